The van der Waals surface area contributed by atoms with Gasteiger partial charge in [0.15, 0.2) is 0 Å². The molecule has 9 heteroatoms. The van der Waals surface area contributed by atoms with Gasteiger partial charge in [-0.25, -0.2) is 12.8 Å². The lowest BCUT2D eigenvalue weighted by Crippen LogP contribution is -2.07. The number of aromatic nitrogens is 1. The van der Waals surface area contributed by atoms with E-state index in [0.29, 0.717) is 15.6 Å². The smallest absolute Gasteiger partial charge is 0.234 e. The highest BCUT2D eigenvalue weighted by atomic mass is 35.5. The Morgan fingerprint density at radius 2 is 1.61 bits per heavy atom. The maximum absolute atomic E-state index is 13.3. The van der Waals surface area contributed by atoms with Gasteiger partial charge in [0.05, 0.1) is 4.90 Å². The van der Waals surface area contributed by atoms with Crippen molar-refractivity contribution in [2.75, 3.05) is 5.32 Å². The monoisotopic (exact) mass is 476 g/mol. The molecule has 1 N–H and O–H groups in total. The summed E-state index contributed by atoms with van der Waals surface area (Å²) in [5.41, 5.74) is 1.18. The zero-order chi connectivity index (χ0) is 22.0. The largest absolute Gasteiger partial charge is 0.419 e. The molecule has 158 valence electrons. The van der Waals surface area contributed by atoms with Crippen LogP contribution in [0.5, 0.6) is 0 Å². The van der Waals surface area contributed by atoms with Gasteiger partial charge in [-0.15, -0.1) is 0 Å². The second-order valence-corrected chi connectivity index (χ2v) is 9.27. The van der Waals surface area contributed by atoms with Crippen LogP contribution >= 0.6 is 23.2 Å². The van der Waals surface area contributed by atoms with Crippen molar-refractivity contribution >= 4 is 38.9 Å². The standard InChI is InChI=1S/C22H15Cl2FN2O3S/c23-16-7-11-18(12-8-16)31(28,29)22-21(26-13-15-3-1-2-4-19(15)24)30-20(27-22)14-5-9-17(25)10-6-14/h1-12,26H,13H2. The first-order valence-electron chi connectivity index (χ1n) is 9.09. The van der Waals surface area contributed by atoms with E-state index < -0.39 is 15.7 Å². The van der Waals surface area contributed by atoms with Crippen molar-refractivity contribution in [3.8, 4) is 11.5 Å². The maximum Gasteiger partial charge on any atom is 0.234 e. The molecule has 0 aliphatic rings. The van der Waals surface area contributed by atoms with Crippen LogP contribution in [0, 0.1) is 5.82 Å². The number of halogens is 3. The first kappa shape index (κ1) is 21.4. The molecule has 1 aromatic heterocycles. The minimum Gasteiger partial charge on any atom is -0.419 e. The van der Waals surface area contributed by atoms with Gasteiger partial charge < -0.3 is 9.73 Å². The fourth-order valence-corrected chi connectivity index (χ4v) is 4.47. The van der Waals surface area contributed by atoms with Crippen LogP contribution in [0.15, 0.2) is 87.1 Å². The number of hydrogen-bond acceptors (Lipinski definition) is 5. The van der Waals surface area contributed by atoms with Gasteiger partial charge in [0, 0.05) is 22.2 Å². The van der Waals surface area contributed by atoms with Crippen LogP contribution in [0.1, 0.15) is 5.56 Å². The molecule has 4 aromatic rings. The van der Waals surface area contributed by atoms with Crippen LogP contribution in [0.25, 0.3) is 11.5 Å². The van der Waals surface area contributed by atoms with Gasteiger partial charge in [-0.1, -0.05) is 41.4 Å². The average molecular weight is 477 g/mol. The molecule has 5 nitrogen and oxygen atoms in total. The van der Waals surface area contributed by atoms with E-state index in [0.717, 1.165) is 5.56 Å². The minimum atomic E-state index is -4.03. The number of sulfone groups is 1. The number of nitrogens with one attached hydrogen (secondary N) is 1. The highest BCUT2D eigenvalue weighted by Gasteiger charge is 2.28. The molecule has 0 atom stereocenters. The van der Waals surface area contributed by atoms with E-state index in [4.69, 9.17) is 27.6 Å². The molecule has 0 spiro atoms. The molecular formula is C22H15Cl2FN2O3S. The zero-order valence-electron chi connectivity index (χ0n) is 15.8. The SMILES string of the molecule is O=S(=O)(c1ccc(Cl)cc1)c1nc(-c2ccc(F)cc2)oc1NCc1ccccc1Cl. The van der Waals surface area contributed by atoms with Crippen LogP contribution < -0.4 is 5.32 Å². The molecule has 0 aliphatic heterocycles. The Morgan fingerprint density at radius 1 is 0.935 bits per heavy atom. The Balaban J connectivity index is 1.77. The number of hydrogen-bond donors (Lipinski definition) is 1. The molecular weight excluding hydrogens is 462 g/mol. The second-order valence-electron chi connectivity index (χ2n) is 6.56. The van der Waals surface area contributed by atoms with Crippen LogP contribution in [0.3, 0.4) is 0 Å². The van der Waals surface area contributed by atoms with Gasteiger partial charge in [-0.05, 0) is 60.2 Å². The third-order valence-corrected chi connectivity index (χ3v) is 6.76. The summed E-state index contributed by atoms with van der Waals surface area (Å²) in [7, 11) is -4.03. The molecule has 0 aliphatic carbocycles. The summed E-state index contributed by atoms with van der Waals surface area (Å²) >= 11 is 12.1. The Kier molecular flexibility index (Phi) is 6.00. The fraction of sp³-hybridized carbons (Fsp3) is 0.0455. The number of nitrogens with zero attached hydrogens (tertiary/aromatic N) is 1. The molecule has 0 saturated carbocycles. The van der Waals surface area contributed by atoms with Gasteiger partial charge in [0.2, 0.25) is 26.6 Å². The third-order valence-electron chi connectivity index (χ3n) is 4.46. The molecule has 31 heavy (non-hydrogen) atoms. The van der Waals surface area contributed by atoms with Gasteiger partial charge >= 0.3 is 0 Å². The Hall–Kier alpha value is -2.87. The maximum atomic E-state index is 13.3. The summed E-state index contributed by atoms with van der Waals surface area (Å²) < 4.78 is 45.5. The molecule has 1 heterocycles. The van der Waals surface area contributed by atoms with E-state index in [1.165, 1.54) is 48.5 Å². The first-order chi connectivity index (χ1) is 14.8. The highest BCUT2D eigenvalue weighted by Crippen LogP contribution is 2.33. The molecule has 0 bridgehead atoms. The summed E-state index contributed by atoms with van der Waals surface area (Å²) in [6.07, 6.45) is 0. The molecule has 0 fully saturated rings. The average Bonchev–Trinajstić information content (AvgIpc) is 3.19. The Labute approximate surface area is 188 Å². The number of benzene rings is 3. The molecule has 0 radical (unpaired) electrons. The van der Waals surface area contributed by atoms with Crippen molar-refractivity contribution < 1.29 is 17.2 Å². The predicted molar refractivity (Wildman–Crippen MR) is 118 cm³/mol. The number of oxazole rings is 1. The summed E-state index contributed by atoms with van der Waals surface area (Å²) in [6, 6.07) is 18.3. The fourth-order valence-electron chi connectivity index (χ4n) is 2.86. The van der Waals surface area contributed by atoms with Crippen molar-refractivity contribution in [2.45, 2.75) is 16.5 Å². The Bertz CT molecular complexity index is 1320. The van der Waals surface area contributed by atoms with E-state index in [1.807, 2.05) is 6.07 Å². The lowest BCUT2D eigenvalue weighted by atomic mass is 10.2. The predicted octanol–water partition coefficient (Wildman–Crippen LogP) is 6.23. The molecule has 0 amide bonds. The summed E-state index contributed by atoms with van der Waals surface area (Å²) in [4.78, 5) is 4.22. The van der Waals surface area contributed by atoms with Crippen molar-refractivity contribution in [2.24, 2.45) is 0 Å². The van der Waals surface area contributed by atoms with Gasteiger partial charge in [-0.2, -0.15) is 4.98 Å². The summed E-state index contributed by atoms with van der Waals surface area (Å²) in [6.45, 7) is 0.209. The van der Waals surface area contributed by atoms with Crippen LogP contribution in [0.2, 0.25) is 10.0 Å². The van der Waals surface area contributed by atoms with Crippen molar-refractivity contribution in [3.63, 3.8) is 0 Å². The second kappa shape index (κ2) is 8.70. The quantitative estimate of drug-likeness (QED) is 0.356. The van der Waals surface area contributed by atoms with E-state index >= 15 is 0 Å². The van der Waals surface area contributed by atoms with Crippen LogP contribution in [-0.2, 0) is 16.4 Å². The van der Waals surface area contributed by atoms with E-state index in [-0.39, 0.29) is 28.2 Å². The highest BCUT2D eigenvalue weighted by molar-refractivity contribution is 7.91. The first-order valence-corrected chi connectivity index (χ1v) is 11.3. The van der Waals surface area contributed by atoms with Crippen molar-refractivity contribution in [1.29, 1.82) is 0 Å². The van der Waals surface area contributed by atoms with Crippen molar-refractivity contribution in [3.05, 3.63) is 94.2 Å². The van der Waals surface area contributed by atoms with Gasteiger partial charge in [0.25, 0.3) is 0 Å². The molecule has 4 rings (SSSR count). The van der Waals surface area contributed by atoms with E-state index in [2.05, 4.69) is 10.3 Å². The van der Waals surface area contributed by atoms with Crippen LogP contribution in [0.4, 0.5) is 10.3 Å². The van der Waals surface area contributed by atoms with Crippen LogP contribution in [-0.4, -0.2) is 13.4 Å². The Morgan fingerprint density at radius 3 is 2.29 bits per heavy atom. The van der Waals surface area contributed by atoms with E-state index in [1.54, 1.807) is 18.2 Å². The molecule has 0 saturated heterocycles. The topological polar surface area (TPSA) is 72.2 Å². The molecule has 0 unspecified atom stereocenters. The molecule has 3 aromatic carbocycles. The number of rotatable bonds is 6. The summed E-state index contributed by atoms with van der Waals surface area (Å²) in [5, 5.41) is 3.60. The van der Waals surface area contributed by atoms with Gasteiger partial charge in [-0.3, -0.25) is 0 Å². The lowest BCUT2D eigenvalue weighted by molar-refractivity contribution is 0.576. The van der Waals surface area contributed by atoms with Gasteiger partial charge in [0.1, 0.15) is 5.82 Å². The zero-order valence-corrected chi connectivity index (χ0v) is 18.2. The van der Waals surface area contributed by atoms with E-state index in [9.17, 15) is 12.8 Å². The minimum absolute atomic E-state index is 0.0108. The summed E-state index contributed by atoms with van der Waals surface area (Å²) in [5.74, 6) is -0.440. The van der Waals surface area contributed by atoms with Crippen molar-refractivity contribution in [1.82, 2.24) is 4.98 Å². The lowest BCUT2D eigenvalue weighted by Gasteiger charge is -2.07. The number of anilines is 1. The normalized spacial score (nSPS) is 11.5. The third kappa shape index (κ3) is 4.58.